The monoisotopic (exact) mass is 376 g/mol. The number of amides is 2. The predicted molar refractivity (Wildman–Crippen MR) is 60.3 cm³/mol. The van der Waals surface area contributed by atoms with Crippen LogP contribution in [-0.2, 0) is 25.3 Å². The second kappa shape index (κ2) is 6.22. The molecule has 2 aliphatic heterocycles. The molecule has 0 aliphatic carbocycles. The molecule has 2 N–H and O–H groups in total. The van der Waals surface area contributed by atoms with Crippen LogP contribution in [0.3, 0.4) is 0 Å². The van der Waals surface area contributed by atoms with Crippen LogP contribution < -0.4 is 10.6 Å². The van der Waals surface area contributed by atoms with Crippen LogP contribution >= 0.6 is 0 Å². The molecule has 2 saturated heterocycles. The van der Waals surface area contributed by atoms with Gasteiger partial charge in [0.1, 0.15) is 0 Å². The van der Waals surface area contributed by atoms with Gasteiger partial charge in [-0.2, -0.15) is 0 Å². The van der Waals surface area contributed by atoms with E-state index in [0.717, 1.165) is 0 Å². The van der Waals surface area contributed by atoms with Crippen LogP contribution in [0.5, 0.6) is 0 Å². The van der Waals surface area contributed by atoms with Gasteiger partial charge < -0.3 is 0 Å². The molecule has 2 aliphatic rings. The summed E-state index contributed by atoms with van der Waals surface area (Å²) in [6, 6.07) is -1.25. The topological polar surface area (TPSA) is 111 Å². The third kappa shape index (κ3) is 3.82. The molecule has 19 heavy (non-hydrogen) atoms. The third-order valence-corrected chi connectivity index (χ3v) is 4.47. The fourth-order valence-electron chi connectivity index (χ4n) is 1.83. The van der Waals surface area contributed by atoms with E-state index in [1.54, 1.807) is 0 Å². The Balaban J connectivity index is 1.66. The van der Waals surface area contributed by atoms with Gasteiger partial charge in [0, 0.05) is 0 Å². The maximum absolute atomic E-state index is 11.5. The average molecular weight is 375 g/mol. The molecule has 2 heterocycles. The number of hydrogen-bond acceptors (Lipinski definition) is 6. The van der Waals surface area contributed by atoms with Crippen LogP contribution in [0, 0.1) is 0 Å². The van der Waals surface area contributed by atoms with E-state index in [1.807, 2.05) is 0 Å². The van der Waals surface area contributed by atoms with Crippen molar-refractivity contribution < 1.29 is 25.3 Å². The van der Waals surface area contributed by atoms with E-state index in [0.29, 0.717) is 25.7 Å². The molecule has 2 fully saturated rings. The summed E-state index contributed by atoms with van der Waals surface area (Å²) in [5.74, 6) is -1.47. The zero-order chi connectivity index (χ0) is 13.8. The Morgan fingerprint density at radius 2 is 1.37 bits per heavy atom. The summed E-state index contributed by atoms with van der Waals surface area (Å²) in [4.78, 5) is 44.8. The minimum atomic E-state index is -2.07. The van der Waals surface area contributed by atoms with Crippen molar-refractivity contribution in [1.29, 1.82) is 0 Å². The fourth-order valence-corrected chi connectivity index (χ4v) is 3.23. The van der Waals surface area contributed by atoms with E-state index in [1.165, 1.54) is 0 Å². The first kappa shape index (κ1) is 14.1. The van der Waals surface area contributed by atoms with Crippen LogP contribution in [0.1, 0.15) is 25.7 Å². The number of carbonyl (C=O) groups excluding carboxylic acids is 4. The Labute approximate surface area is 119 Å². The Kier molecular flexibility index (Phi) is 4.61. The zero-order valence-electron chi connectivity index (χ0n) is 9.93. The standard InChI is InChI=1S/2C5H7NO3.Sn/c2*7-4-2-1-3(6-4)5(8)9;/h2*3H,1-2H2,(H,6,7)(H,8,9);/q;;+2/p-2. The Morgan fingerprint density at radius 1 is 0.947 bits per heavy atom. The van der Waals surface area contributed by atoms with Gasteiger partial charge in [0.15, 0.2) is 0 Å². The van der Waals surface area contributed by atoms with Gasteiger partial charge in [0.05, 0.1) is 0 Å². The summed E-state index contributed by atoms with van der Waals surface area (Å²) in [6.45, 7) is 0. The first-order chi connectivity index (χ1) is 9.06. The van der Waals surface area contributed by atoms with E-state index < -0.39 is 46.0 Å². The summed E-state index contributed by atoms with van der Waals surface area (Å²) >= 11 is -2.07. The molecule has 8 nitrogen and oxygen atoms in total. The van der Waals surface area contributed by atoms with E-state index >= 15 is 0 Å². The molecule has 9 heteroatoms. The van der Waals surface area contributed by atoms with Crippen LogP contribution in [0.15, 0.2) is 0 Å². The van der Waals surface area contributed by atoms with Crippen molar-refractivity contribution >= 4 is 45.7 Å². The summed E-state index contributed by atoms with van der Waals surface area (Å²) in [5.41, 5.74) is 0. The van der Waals surface area contributed by atoms with E-state index in [9.17, 15) is 19.2 Å². The molecular formula is C10H12N2O6Sn. The average Bonchev–Trinajstić information content (AvgIpc) is 2.98. The normalized spacial score (nSPS) is 25.7. The quantitative estimate of drug-likeness (QED) is 0.560. The SMILES string of the molecule is O=C1CCC(C(=O)[O][Sn][O]C(=O)C2CCC(=O)N2)N1. The summed E-state index contributed by atoms with van der Waals surface area (Å²) in [6.07, 6.45) is 1.42. The first-order valence-corrected chi connectivity index (χ1v) is 8.14. The van der Waals surface area contributed by atoms with Crippen molar-refractivity contribution in [2.45, 2.75) is 37.8 Å². The Bertz CT molecular complexity index is 388. The first-order valence-electron chi connectivity index (χ1n) is 5.81. The molecule has 0 aromatic rings. The van der Waals surface area contributed by atoms with Gasteiger partial charge in [-0.25, -0.2) is 0 Å². The number of carbonyl (C=O) groups is 4. The van der Waals surface area contributed by atoms with Crippen LogP contribution in [0.25, 0.3) is 0 Å². The fraction of sp³-hybridized carbons (Fsp3) is 0.600. The van der Waals surface area contributed by atoms with E-state index in [2.05, 4.69) is 10.6 Å². The number of rotatable bonds is 4. The predicted octanol–water partition coefficient (Wildman–Crippen LogP) is -1.84. The molecule has 0 saturated carbocycles. The van der Waals surface area contributed by atoms with Gasteiger partial charge in [0.2, 0.25) is 0 Å². The molecule has 0 spiro atoms. The molecule has 0 aromatic carbocycles. The van der Waals surface area contributed by atoms with Gasteiger partial charge in [-0.1, -0.05) is 0 Å². The van der Waals surface area contributed by atoms with Gasteiger partial charge in [-0.3, -0.25) is 0 Å². The Hall–Kier alpha value is -1.32. The summed E-state index contributed by atoms with van der Waals surface area (Å²) < 4.78 is 9.78. The minimum absolute atomic E-state index is 0.182. The molecule has 2 amide bonds. The molecule has 2 rings (SSSR count). The molecule has 0 aromatic heterocycles. The molecule has 0 bridgehead atoms. The number of nitrogens with one attached hydrogen (secondary N) is 2. The molecule has 2 radical (unpaired) electrons. The van der Waals surface area contributed by atoms with Crippen molar-refractivity contribution in [2.24, 2.45) is 0 Å². The van der Waals surface area contributed by atoms with Crippen molar-refractivity contribution in [3.63, 3.8) is 0 Å². The van der Waals surface area contributed by atoms with Crippen molar-refractivity contribution in [2.75, 3.05) is 0 Å². The molecule has 102 valence electrons. The van der Waals surface area contributed by atoms with Gasteiger partial charge in [0.25, 0.3) is 0 Å². The van der Waals surface area contributed by atoms with Crippen molar-refractivity contribution in [3.8, 4) is 0 Å². The number of hydrogen-bond donors (Lipinski definition) is 2. The second-order valence-electron chi connectivity index (χ2n) is 4.24. The maximum atomic E-state index is 11.5. The summed E-state index contributed by atoms with van der Waals surface area (Å²) in [7, 11) is 0. The van der Waals surface area contributed by atoms with E-state index in [4.69, 9.17) is 6.15 Å². The molecule has 2 unspecified atom stereocenters. The van der Waals surface area contributed by atoms with Crippen molar-refractivity contribution in [3.05, 3.63) is 0 Å². The Morgan fingerprint density at radius 3 is 1.68 bits per heavy atom. The molecule has 2 atom stereocenters. The van der Waals surface area contributed by atoms with Crippen LogP contribution in [0.2, 0.25) is 0 Å². The van der Waals surface area contributed by atoms with Crippen LogP contribution in [0.4, 0.5) is 0 Å². The third-order valence-electron chi connectivity index (χ3n) is 2.84. The van der Waals surface area contributed by atoms with Gasteiger partial charge in [-0.05, 0) is 0 Å². The summed E-state index contributed by atoms with van der Waals surface area (Å²) in [5, 5.41) is 4.94. The van der Waals surface area contributed by atoms with E-state index in [-0.39, 0.29) is 11.8 Å². The second-order valence-corrected chi connectivity index (χ2v) is 5.88. The van der Waals surface area contributed by atoms with Crippen LogP contribution in [-0.4, -0.2) is 57.8 Å². The molecular weight excluding hydrogens is 363 g/mol. The zero-order valence-corrected chi connectivity index (χ0v) is 12.8. The van der Waals surface area contributed by atoms with Gasteiger partial charge >= 0.3 is 119 Å². The van der Waals surface area contributed by atoms with Crippen molar-refractivity contribution in [1.82, 2.24) is 10.6 Å². The van der Waals surface area contributed by atoms with Gasteiger partial charge in [-0.15, -0.1) is 0 Å².